The lowest BCUT2D eigenvalue weighted by molar-refractivity contribution is -0.136. The number of ether oxygens (including phenoxy) is 1. The van der Waals surface area contributed by atoms with Crippen molar-refractivity contribution in [2.75, 3.05) is 32.8 Å². The van der Waals surface area contributed by atoms with Crippen LogP contribution in [0.4, 0.5) is 4.39 Å². The van der Waals surface area contributed by atoms with E-state index >= 15 is 0 Å². The van der Waals surface area contributed by atoms with Crippen LogP contribution in [-0.4, -0.2) is 60.4 Å². The maximum Gasteiger partial charge on any atom is 0.374 e. The number of hydrogen-bond acceptors (Lipinski definition) is 6. The van der Waals surface area contributed by atoms with E-state index in [0.717, 1.165) is 0 Å². The van der Waals surface area contributed by atoms with E-state index < -0.39 is 12.6 Å². The Hall–Kier alpha value is -3.46. The van der Waals surface area contributed by atoms with Gasteiger partial charge in [0, 0.05) is 31.7 Å². The number of carbonyl (C=O) groups excluding carboxylic acids is 3. The summed E-state index contributed by atoms with van der Waals surface area (Å²) >= 11 is 1.39. The zero-order valence-corrected chi connectivity index (χ0v) is 17.3. The highest BCUT2D eigenvalue weighted by atomic mass is 32.1. The minimum absolute atomic E-state index is 0.0386. The van der Waals surface area contributed by atoms with Crippen LogP contribution in [0.5, 0.6) is 0 Å². The standard InChI is InChI=1S/C22H19FN2O5S/c23-16-5-3-15(4-6-16)17-7-8-18(30-17)22(28)29-14-20(26)24-9-11-25(12-10-24)21(27)19-2-1-13-31-19/h1-8,13H,9-12,14H2. The van der Waals surface area contributed by atoms with Gasteiger partial charge in [0.15, 0.2) is 6.61 Å². The molecule has 1 aliphatic rings. The Morgan fingerprint density at radius 3 is 2.35 bits per heavy atom. The summed E-state index contributed by atoms with van der Waals surface area (Å²) in [6.45, 7) is 1.20. The molecule has 2 aromatic heterocycles. The van der Waals surface area contributed by atoms with Crippen LogP contribution in [0.15, 0.2) is 58.3 Å². The SMILES string of the molecule is O=C(OCC(=O)N1CCN(C(=O)c2cccs2)CC1)c1ccc(-c2ccc(F)cc2)o1. The van der Waals surface area contributed by atoms with Crippen molar-refractivity contribution in [3.8, 4) is 11.3 Å². The average molecular weight is 442 g/mol. The van der Waals surface area contributed by atoms with E-state index in [2.05, 4.69) is 0 Å². The molecule has 4 rings (SSSR count). The molecule has 0 unspecified atom stereocenters. The molecular formula is C22H19FN2O5S. The normalized spacial score (nSPS) is 13.8. The van der Waals surface area contributed by atoms with Crippen molar-refractivity contribution < 1.29 is 27.9 Å². The van der Waals surface area contributed by atoms with Gasteiger partial charge in [0.2, 0.25) is 5.76 Å². The first-order chi connectivity index (χ1) is 15.0. The zero-order valence-electron chi connectivity index (χ0n) is 16.5. The van der Waals surface area contributed by atoms with E-state index in [-0.39, 0.29) is 23.4 Å². The molecular weight excluding hydrogens is 423 g/mol. The molecule has 0 N–H and O–H groups in total. The second-order valence-electron chi connectivity index (χ2n) is 6.90. The molecule has 31 heavy (non-hydrogen) atoms. The minimum Gasteiger partial charge on any atom is -0.450 e. The number of halogens is 1. The molecule has 0 aliphatic carbocycles. The predicted molar refractivity (Wildman–Crippen MR) is 111 cm³/mol. The third-order valence-electron chi connectivity index (χ3n) is 4.91. The lowest BCUT2D eigenvalue weighted by Gasteiger charge is -2.34. The fraction of sp³-hybridized carbons (Fsp3) is 0.227. The summed E-state index contributed by atoms with van der Waals surface area (Å²) in [5.41, 5.74) is 0.617. The molecule has 0 bridgehead atoms. The van der Waals surface area contributed by atoms with Gasteiger partial charge in [-0.2, -0.15) is 0 Å². The van der Waals surface area contributed by atoms with Gasteiger partial charge in [0.05, 0.1) is 4.88 Å². The number of rotatable bonds is 5. The lowest BCUT2D eigenvalue weighted by atomic mass is 10.2. The molecule has 0 radical (unpaired) electrons. The van der Waals surface area contributed by atoms with Crippen molar-refractivity contribution in [3.05, 3.63) is 70.4 Å². The van der Waals surface area contributed by atoms with Crippen LogP contribution in [0.2, 0.25) is 0 Å². The van der Waals surface area contributed by atoms with Gasteiger partial charge >= 0.3 is 5.97 Å². The Kier molecular flexibility index (Phi) is 6.13. The number of hydrogen-bond donors (Lipinski definition) is 0. The molecule has 1 aromatic carbocycles. The average Bonchev–Trinajstić information content (AvgIpc) is 3.50. The molecule has 1 saturated heterocycles. The smallest absolute Gasteiger partial charge is 0.374 e. The van der Waals surface area contributed by atoms with Crippen LogP contribution in [0, 0.1) is 5.82 Å². The Morgan fingerprint density at radius 2 is 1.68 bits per heavy atom. The maximum atomic E-state index is 13.0. The molecule has 0 spiro atoms. The van der Waals surface area contributed by atoms with Gasteiger partial charge in [-0.3, -0.25) is 9.59 Å². The van der Waals surface area contributed by atoms with Gasteiger partial charge < -0.3 is 19.0 Å². The molecule has 7 nitrogen and oxygen atoms in total. The molecule has 0 saturated carbocycles. The van der Waals surface area contributed by atoms with Gasteiger partial charge in [-0.1, -0.05) is 6.07 Å². The van der Waals surface area contributed by atoms with Crippen molar-refractivity contribution >= 4 is 29.1 Å². The topological polar surface area (TPSA) is 80.1 Å². The van der Waals surface area contributed by atoms with Crippen LogP contribution in [0.1, 0.15) is 20.2 Å². The Bertz CT molecular complexity index is 1070. The van der Waals surface area contributed by atoms with Crippen LogP contribution >= 0.6 is 11.3 Å². The quantitative estimate of drug-likeness (QED) is 0.567. The summed E-state index contributed by atoms with van der Waals surface area (Å²) in [4.78, 5) is 40.9. The van der Waals surface area contributed by atoms with Crippen molar-refractivity contribution in [1.29, 1.82) is 0 Å². The van der Waals surface area contributed by atoms with Crippen LogP contribution < -0.4 is 0 Å². The number of thiophene rings is 1. The fourth-order valence-corrected chi connectivity index (χ4v) is 3.91. The number of carbonyl (C=O) groups is 3. The van der Waals surface area contributed by atoms with Crippen molar-refractivity contribution in [2.45, 2.75) is 0 Å². The molecule has 3 heterocycles. The van der Waals surface area contributed by atoms with E-state index in [1.165, 1.54) is 41.7 Å². The summed E-state index contributed by atoms with van der Waals surface area (Å²) in [7, 11) is 0. The van der Waals surface area contributed by atoms with Crippen molar-refractivity contribution in [1.82, 2.24) is 9.80 Å². The summed E-state index contributed by atoms with van der Waals surface area (Å²) in [5.74, 6) is -1.15. The maximum absolute atomic E-state index is 13.0. The van der Waals surface area contributed by atoms with Gasteiger partial charge in [-0.25, -0.2) is 9.18 Å². The lowest BCUT2D eigenvalue weighted by Crippen LogP contribution is -2.51. The molecule has 0 atom stereocenters. The van der Waals surface area contributed by atoms with Crippen LogP contribution in [0.3, 0.4) is 0 Å². The summed E-state index contributed by atoms with van der Waals surface area (Å²) in [6.07, 6.45) is 0. The van der Waals surface area contributed by atoms with E-state index in [1.54, 1.807) is 21.9 Å². The second-order valence-corrected chi connectivity index (χ2v) is 7.84. The Labute approximate surface area is 181 Å². The van der Waals surface area contributed by atoms with Crippen molar-refractivity contribution in [2.24, 2.45) is 0 Å². The number of amides is 2. The first kappa shape index (κ1) is 20.8. The first-order valence-electron chi connectivity index (χ1n) is 9.65. The monoisotopic (exact) mass is 442 g/mol. The van der Waals surface area contributed by atoms with E-state index in [1.807, 2.05) is 11.4 Å². The van der Waals surface area contributed by atoms with Crippen LogP contribution in [-0.2, 0) is 9.53 Å². The number of nitrogens with zero attached hydrogens (tertiary/aromatic N) is 2. The molecule has 1 fully saturated rings. The number of benzene rings is 1. The molecule has 160 valence electrons. The van der Waals surface area contributed by atoms with Crippen molar-refractivity contribution in [3.63, 3.8) is 0 Å². The third-order valence-corrected chi connectivity index (χ3v) is 5.77. The third kappa shape index (κ3) is 4.83. The van der Waals surface area contributed by atoms with Gasteiger partial charge in [-0.05, 0) is 47.8 Å². The summed E-state index contributed by atoms with van der Waals surface area (Å²) in [6, 6.07) is 12.3. The summed E-state index contributed by atoms with van der Waals surface area (Å²) < 4.78 is 23.6. The number of esters is 1. The largest absolute Gasteiger partial charge is 0.450 e. The molecule has 2 amide bonds. The Morgan fingerprint density at radius 1 is 0.968 bits per heavy atom. The van der Waals surface area contributed by atoms with Gasteiger partial charge in [0.25, 0.3) is 11.8 Å². The second kappa shape index (κ2) is 9.13. The van der Waals surface area contributed by atoms with E-state index in [4.69, 9.17) is 9.15 Å². The van der Waals surface area contributed by atoms with E-state index in [0.29, 0.717) is 42.4 Å². The number of piperazine rings is 1. The molecule has 9 heteroatoms. The molecule has 3 aromatic rings. The predicted octanol–water partition coefficient (Wildman–Crippen LogP) is 3.29. The number of furan rings is 1. The highest BCUT2D eigenvalue weighted by molar-refractivity contribution is 7.12. The Balaban J connectivity index is 1.26. The van der Waals surface area contributed by atoms with E-state index in [9.17, 15) is 18.8 Å². The van der Waals surface area contributed by atoms with Crippen LogP contribution in [0.25, 0.3) is 11.3 Å². The highest BCUT2D eigenvalue weighted by Gasteiger charge is 2.26. The zero-order chi connectivity index (χ0) is 21.8. The fourth-order valence-electron chi connectivity index (χ4n) is 3.22. The highest BCUT2D eigenvalue weighted by Crippen LogP contribution is 2.23. The first-order valence-corrected chi connectivity index (χ1v) is 10.5. The van der Waals surface area contributed by atoms with Gasteiger partial charge in [0.1, 0.15) is 11.6 Å². The summed E-state index contributed by atoms with van der Waals surface area (Å²) in [5, 5.41) is 1.85. The minimum atomic E-state index is -0.756. The molecule has 1 aliphatic heterocycles. The van der Waals surface area contributed by atoms with Gasteiger partial charge in [-0.15, -0.1) is 11.3 Å².